The van der Waals surface area contributed by atoms with E-state index in [-0.39, 0.29) is 35.8 Å². The second-order valence-electron chi connectivity index (χ2n) is 9.92. The highest BCUT2D eigenvalue weighted by atomic mass is 32.2. The maximum atomic E-state index is 14.1. The van der Waals surface area contributed by atoms with Gasteiger partial charge in [-0.15, -0.1) is 11.8 Å². The maximum absolute atomic E-state index is 14.1. The number of benzene rings is 2. The Morgan fingerprint density at radius 1 is 1.00 bits per heavy atom. The Hall–Kier alpha value is -2.82. The fraction of sp³-hybridized carbons (Fsp3) is 0.429. The van der Waals surface area contributed by atoms with Crippen molar-refractivity contribution >= 4 is 47.1 Å². The maximum Gasteiger partial charge on any atom is 0.305 e. The summed E-state index contributed by atoms with van der Waals surface area (Å²) in [6.07, 6.45) is 1.28. The lowest BCUT2D eigenvalue weighted by atomic mass is 9.61. The van der Waals surface area contributed by atoms with E-state index in [2.05, 4.69) is 10.6 Å². The molecular formula is C28H30N2O6S2. The van der Waals surface area contributed by atoms with Crippen LogP contribution in [0.1, 0.15) is 40.0 Å². The molecular weight excluding hydrogens is 524 g/mol. The summed E-state index contributed by atoms with van der Waals surface area (Å²) in [5, 5.41) is 17.7. The number of ether oxygens (including phenoxy) is 1. The number of nitrogens with one attached hydrogen (secondary N) is 2. The van der Waals surface area contributed by atoms with E-state index >= 15 is 0 Å². The summed E-state index contributed by atoms with van der Waals surface area (Å²) in [5.74, 6) is -0.976. The van der Waals surface area contributed by atoms with E-state index in [0.29, 0.717) is 29.7 Å². The third-order valence-electron chi connectivity index (χ3n) is 7.88. The molecule has 1 aliphatic carbocycles. The van der Waals surface area contributed by atoms with Crippen molar-refractivity contribution in [2.75, 3.05) is 18.6 Å². The van der Waals surface area contributed by atoms with Crippen LogP contribution in [0.25, 0.3) is 0 Å². The molecule has 38 heavy (non-hydrogen) atoms. The molecule has 2 bridgehead atoms. The van der Waals surface area contributed by atoms with Gasteiger partial charge in [0.15, 0.2) is 5.78 Å². The van der Waals surface area contributed by atoms with E-state index in [1.165, 1.54) is 30.6 Å². The Bertz CT molecular complexity index is 1230. The van der Waals surface area contributed by atoms with E-state index in [1.807, 2.05) is 6.07 Å². The van der Waals surface area contributed by atoms with Crippen LogP contribution in [0.3, 0.4) is 0 Å². The van der Waals surface area contributed by atoms with E-state index < -0.39 is 33.6 Å². The summed E-state index contributed by atoms with van der Waals surface area (Å²) in [4.78, 5) is 52.3. The highest BCUT2D eigenvalue weighted by Gasteiger charge is 2.75. The van der Waals surface area contributed by atoms with Crippen LogP contribution in [-0.4, -0.2) is 75.0 Å². The van der Waals surface area contributed by atoms with Crippen molar-refractivity contribution in [1.29, 1.82) is 0 Å². The first-order valence-electron chi connectivity index (χ1n) is 12.6. The minimum absolute atomic E-state index is 0.202. The van der Waals surface area contributed by atoms with Crippen molar-refractivity contribution in [2.45, 2.75) is 46.9 Å². The normalized spacial score (nSPS) is 31.4. The van der Waals surface area contributed by atoms with Gasteiger partial charge >= 0.3 is 5.97 Å². The second-order valence-corrected chi connectivity index (χ2v) is 12.2. The zero-order chi connectivity index (χ0) is 26.9. The van der Waals surface area contributed by atoms with Gasteiger partial charge in [0.2, 0.25) is 0 Å². The molecule has 200 valence electrons. The lowest BCUT2D eigenvalue weighted by molar-refractivity contribution is -0.145. The number of carbonyl (C=O) groups is 4. The van der Waals surface area contributed by atoms with Crippen LogP contribution in [0.15, 0.2) is 60.7 Å². The Labute approximate surface area is 229 Å². The van der Waals surface area contributed by atoms with Gasteiger partial charge in [0.05, 0.1) is 18.4 Å². The van der Waals surface area contributed by atoms with E-state index in [1.54, 1.807) is 54.6 Å². The minimum Gasteiger partial charge on any atom is -0.469 e. The van der Waals surface area contributed by atoms with E-state index in [4.69, 9.17) is 4.74 Å². The third-order valence-corrected chi connectivity index (χ3v) is 11.0. The lowest BCUT2D eigenvalue weighted by Gasteiger charge is -2.52. The van der Waals surface area contributed by atoms with Gasteiger partial charge in [0.1, 0.15) is 11.1 Å². The fourth-order valence-corrected chi connectivity index (χ4v) is 9.72. The first-order valence-corrected chi connectivity index (χ1v) is 14.7. The Balaban J connectivity index is 1.49. The van der Waals surface area contributed by atoms with Gasteiger partial charge in [0.25, 0.3) is 11.8 Å². The number of carbonyl (C=O) groups excluding carboxylic acids is 4. The Morgan fingerprint density at radius 2 is 1.63 bits per heavy atom. The molecule has 3 N–H and O–H groups in total. The molecule has 2 heterocycles. The summed E-state index contributed by atoms with van der Waals surface area (Å²) in [6.45, 7) is 0. The van der Waals surface area contributed by atoms with Crippen molar-refractivity contribution < 1.29 is 29.0 Å². The molecule has 2 amide bonds. The zero-order valence-corrected chi connectivity index (χ0v) is 22.6. The second kappa shape index (κ2) is 10.7. The zero-order valence-electron chi connectivity index (χ0n) is 20.9. The van der Waals surface area contributed by atoms with Crippen molar-refractivity contribution in [2.24, 2.45) is 5.92 Å². The van der Waals surface area contributed by atoms with E-state index in [9.17, 15) is 24.3 Å². The summed E-state index contributed by atoms with van der Waals surface area (Å²) >= 11 is 2.95. The minimum atomic E-state index is -1.72. The number of rotatable bonds is 8. The fourth-order valence-electron chi connectivity index (χ4n) is 5.96. The quantitative estimate of drug-likeness (QED) is 0.426. The SMILES string of the molecule is COC(=O)CCC[C@@H]1[C@H]2SC[C@@](NC(=O)c3ccccc3)(C2=O)[C@]2(O)[C@@H](NC(=O)c3ccccc3)CS[C@@H]12. The summed E-state index contributed by atoms with van der Waals surface area (Å²) in [7, 11) is 1.34. The van der Waals surface area contributed by atoms with E-state index in [0.717, 1.165) is 0 Å². The molecule has 8 nitrogen and oxygen atoms in total. The molecule has 2 saturated heterocycles. The molecule has 0 radical (unpaired) electrons. The number of aliphatic hydroxyl groups is 1. The molecule has 3 aliphatic rings. The summed E-state index contributed by atoms with van der Waals surface area (Å²) in [6, 6.07) is 16.5. The van der Waals surface area contributed by atoms with Gasteiger partial charge in [0, 0.05) is 34.3 Å². The first kappa shape index (κ1) is 26.8. The summed E-state index contributed by atoms with van der Waals surface area (Å²) in [5.41, 5.74) is -2.45. The van der Waals surface area contributed by atoms with Crippen LogP contribution in [-0.2, 0) is 14.3 Å². The molecule has 10 heteroatoms. The van der Waals surface area contributed by atoms with Gasteiger partial charge in [-0.05, 0) is 43.0 Å². The average molecular weight is 555 g/mol. The van der Waals surface area contributed by atoms with Gasteiger partial charge < -0.3 is 20.5 Å². The number of esters is 1. The highest BCUT2D eigenvalue weighted by molar-refractivity contribution is 8.02. The lowest BCUT2D eigenvalue weighted by Crippen LogP contribution is -2.80. The molecule has 5 rings (SSSR count). The van der Waals surface area contributed by atoms with Crippen LogP contribution in [0.2, 0.25) is 0 Å². The molecule has 0 spiro atoms. The number of Topliss-reactive ketones (excluding diaryl/α,β-unsaturated/α-hetero) is 1. The van der Waals surface area contributed by atoms with Crippen molar-refractivity contribution in [1.82, 2.24) is 10.6 Å². The average Bonchev–Trinajstić information content (AvgIpc) is 3.42. The molecule has 0 aromatic heterocycles. The third kappa shape index (κ3) is 4.42. The van der Waals surface area contributed by atoms with Gasteiger partial charge in [-0.3, -0.25) is 19.2 Å². The largest absolute Gasteiger partial charge is 0.469 e. The molecule has 2 aromatic carbocycles. The number of amides is 2. The monoisotopic (exact) mass is 554 g/mol. The van der Waals surface area contributed by atoms with Crippen LogP contribution in [0.4, 0.5) is 0 Å². The standard InChI is InChI=1S/C28H30N2O6S2/c1-36-21(31)14-8-13-19-22-23(32)27(16-38-22,30-26(34)18-11-6-3-7-12-18)28(35)20(15-37-24(19)28)29-25(33)17-9-4-2-5-10-17/h2-7,9-12,19-20,22,24,35H,8,13-16H2,1H3,(H,29,33)(H,30,34)/t19-,20+,22-,24+,27-,28+/m1/s1. The number of fused-ring (bicyclic) bond motifs is 4. The van der Waals surface area contributed by atoms with Gasteiger partial charge in [-0.25, -0.2) is 0 Å². The van der Waals surface area contributed by atoms with Crippen LogP contribution < -0.4 is 10.6 Å². The molecule has 2 aromatic rings. The number of thioether (sulfide) groups is 2. The Kier molecular flexibility index (Phi) is 7.57. The molecule has 1 saturated carbocycles. The molecule has 6 atom stereocenters. The summed E-state index contributed by atoms with van der Waals surface area (Å²) < 4.78 is 4.77. The molecule has 3 fully saturated rings. The highest BCUT2D eigenvalue weighted by Crippen LogP contribution is 2.59. The van der Waals surface area contributed by atoms with Crippen molar-refractivity contribution in [3.63, 3.8) is 0 Å². The molecule has 2 aliphatic heterocycles. The number of hydrogen-bond acceptors (Lipinski definition) is 8. The smallest absolute Gasteiger partial charge is 0.305 e. The first-order chi connectivity index (χ1) is 18.3. The van der Waals surface area contributed by atoms with Gasteiger partial charge in [-0.1, -0.05) is 36.4 Å². The van der Waals surface area contributed by atoms with Crippen molar-refractivity contribution in [3.8, 4) is 0 Å². The number of methoxy groups -OCH3 is 1. The van der Waals surface area contributed by atoms with Crippen LogP contribution in [0, 0.1) is 5.92 Å². The number of hydrogen-bond donors (Lipinski definition) is 3. The Morgan fingerprint density at radius 3 is 2.26 bits per heavy atom. The molecule has 0 unspecified atom stereocenters. The van der Waals surface area contributed by atoms with Crippen LogP contribution in [0.5, 0.6) is 0 Å². The predicted molar refractivity (Wildman–Crippen MR) is 146 cm³/mol. The topological polar surface area (TPSA) is 122 Å². The van der Waals surface area contributed by atoms with Gasteiger partial charge in [-0.2, -0.15) is 11.8 Å². The number of ketones is 1. The van der Waals surface area contributed by atoms with Crippen molar-refractivity contribution in [3.05, 3.63) is 71.8 Å². The predicted octanol–water partition coefficient (Wildman–Crippen LogP) is 2.46. The van der Waals surface area contributed by atoms with Crippen LogP contribution >= 0.6 is 23.5 Å².